The van der Waals surface area contributed by atoms with Crippen LogP contribution in [-0.4, -0.2) is 29.0 Å². The summed E-state index contributed by atoms with van der Waals surface area (Å²) in [6.07, 6.45) is 2.22. The molecule has 0 saturated heterocycles. The molecule has 0 heterocycles. The van der Waals surface area contributed by atoms with Crippen LogP contribution in [0.4, 0.5) is 4.79 Å². The lowest BCUT2D eigenvalue weighted by atomic mass is 10.0. The molecule has 2 atom stereocenters. The zero-order chi connectivity index (χ0) is 23.3. The van der Waals surface area contributed by atoms with Crippen LogP contribution in [0, 0.1) is 16.0 Å². The van der Waals surface area contributed by atoms with Gasteiger partial charge in [-0.1, -0.05) is 74.5 Å². The summed E-state index contributed by atoms with van der Waals surface area (Å²) in [5, 5.41) is 16.2. The van der Waals surface area contributed by atoms with E-state index in [-0.39, 0.29) is 12.5 Å². The average molecular weight is 440 g/mol. The topological polar surface area (TPSA) is 111 Å². The van der Waals surface area contributed by atoms with Gasteiger partial charge in [-0.05, 0) is 29.9 Å². The van der Waals surface area contributed by atoms with Gasteiger partial charge in [0, 0.05) is 6.08 Å². The van der Waals surface area contributed by atoms with Gasteiger partial charge in [0.2, 0.25) is 12.1 Å². The van der Waals surface area contributed by atoms with Crippen molar-refractivity contribution in [3.05, 3.63) is 94.2 Å². The molecule has 0 spiro atoms. The van der Waals surface area contributed by atoms with Gasteiger partial charge >= 0.3 is 6.09 Å². The van der Waals surface area contributed by atoms with Crippen molar-refractivity contribution in [2.45, 2.75) is 45.4 Å². The number of hydrogen-bond acceptors (Lipinski definition) is 5. The molecular formula is C24H29N3O5. The molecule has 0 saturated carbocycles. The summed E-state index contributed by atoms with van der Waals surface area (Å²) in [7, 11) is 0. The number of nitrogens with one attached hydrogen (secondary N) is 2. The summed E-state index contributed by atoms with van der Waals surface area (Å²) in [5.41, 5.74) is 1.75. The Morgan fingerprint density at radius 3 is 2.16 bits per heavy atom. The van der Waals surface area contributed by atoms with Crippen LogP contribution >= 0.6 is 0 Å². The number of rotatable bonds is 11. The van der Waals surface area contributed by atoms with Gasteiger partial charge in [-0.25, -0.2) is 4.79 Å². The molecule has 0 aliphatic heterocycles. The first-order valence-electron chi connectivity index (χ1n) is 10.5. The largest absolute Gasteiger partial charge is 0.445 e. The fraction of sp³-hybridized carbons (Fsp3) is 0.333. The highest BCUT2D eigenvalue weighted by atomic mass is 16.6. The van der Waals surface area contributed by atoms with Crippen molar-refractivity contribution >= 4 is 12.0 Å². The number of amides is 2. The smallest absolute Gasteiger partial charge is 0.408 e. The second-order valence-corrected chi connectivity index (χ2v) is 7.82. The molecule has 0 aliphatic rings. The van der Waals surface area contributed by atoms with Crippen molar-refractivity contribution in [3.63, 3.8) is 0 Å². The zero-order valence-corrected chi connectivity index (χ0v) is 18.3. The van der Waals surface area contributed by atoms with E-state index in [9.17, 15) is 19.7 Å². The highest BCUT2D eigenvalue weighted by molar-refractivity contribution is 5.86. The Morgan fingerprint density at radius 1 is 1.00 bits per heavy atom. The number of benzene rings is 2. The van der Waals surface area contributed by atoms with Crippen molar-refractivity contribution in [2.24, 2.45) is 5.92 Å². The van der Waals surface area contributed by atoms with Gasteiger partial charge < -0.3 is 15.4 Å². The summed E-state index contributed by atoms with van der Waals surface area (Å²) in [4.78, 5) is 35.5. The minimum absolute atomic E-state index is 0.0882. The van der Waals surface area contributed by atoms with E-state index >= 15 is 0 Å². The van der Waals surface area contributed by atoms with Gasteiger partial charge in [0.05, 0.1) is 11.0 Å². The lowest BCUT2D eigenvalue weighted by Crippen LogP contribution is -2.50. The number of nitro groups is 1. The predicted octanol–water partition coefficient (Wildman–Crippen LogP) is 3.85. The number of hydrogen-bond donors (Lipinski definition) is 2. The van der Waals surface area contributed by atoms with E-state index in [0.717, 1.165) is 17.3 Å². The highest BCUT2D eigenvalue weighted by Crippen LogP contribution is 2.09. The number of carbonyl (C=O) groups is 2. The van der Waals surface area contributed by atoms with E-state index in [1.807, 2.05) is 74.5 Å². The van der Waals surface area contributed by atoms with E-state index in [1.54, 1.807) is 0 Å². The first kappa shape index (κ1) is 24.6. The highest BCUT2D eigenvalue weighted by Gasteiger charge is 2.24. The standard InChI is InChI=1S/C24H29N3O5/c1-18(2)15-22(26-24(29)32-17-20-11-7-4-8-12-20)23(28)25-21(13-14-27(30)31)16-19-9-5-3-6-10-19/h3-14,18,21-22H,15-17H2,1-2H3,(H,25,28)(H,26,29)/b14-13+/t21-,22+/m1/s1. The van der Waals surface area contributed by atoms with Crippen molar-refractivity contribution in [3.8, 4) is 0 Å². The maximum Gasteiger partial charge on any atom is 0.408 e. The first-order valence-corrected chi connectivity index (χ1v) is 10.5. The Balaban J connectivity index is 2.03. The van der Waals surface area contributed by atoms with Crippen LogP contribution in [0.15, 0.2) is 72.9 Å². The molecule has 2 N–H and O–H groups in total. The second-order valence-electron chi connectivity index (χ2n) is 7.82. The van der Waals surface area contributed by atoms with Crippen LogP contribution in [0.25, 0.3) is 0 Å². The molecule has 2 rings (SSSR count). The lowest BCUT2D eigenvalue weighted by molar-refractivity contribution is -0.402. The average Bonchev–Trinajstić information content (AvgIpc) is 2.76. The van der Waals surface area contributed by atoms with Crippen LogP contribution in [0.1, 0.15) is 31.4 Å². The Labute approximate surface area is 187 Å². The maximum atomic E-state index is 12.9. The molecule has 2 aromatic carbocycles. The van der Waals surface area contributed by atoms with E-state index < -0.39 is 29.0 Å². The SMILES string of the molecule is CC(C)C[C@H](NC(=O)OCc1ccccc1)C(=O)N[C@H](/C=C/[N+](=O)[O-])Cc1ccccc1. The Hall–Kier alpha value is -3.68. The third-order valence-corrected chi connectivity index (χ3v) is 4.59. The van der Waals surface area contributed by atoms with Gasteiger partial charge in [0.25, 0.3) is 0 Å². The third-order valence-electron chi connectivity index (χ3n) is 4.59. The van der Waals surface area contributed by atoms with Crippen LogP contribution in [0.5, 0.6) is 0 Å². The minimum atomic E-state index is -0.833. The monoisotopic (exact) mass is 439 g/mol. The second kappa shape index (κ2) is 12.9. The van der Waals surface area contributed by atoms with Crippen LogP contribution in [0.2, 0.25) is 0 Å². The number of nitrogens with zero attached hydrogens (tertiary/aromatic N) is 1. The van der Waals surface area contributed by atoms with Gasteiger partial charge in [0.1, 0.15) is 12.6 Å². The summed E-state index contributed by atoms with van der Waals surface area (Å²) in [6, 6.07) is 17.1. The first-order chi connectivity index (χ1) is 15.3. The molecule has 2 amide bonds. The van der Waals surface area contributed by atoms with Crippen molar-refractivity contribution in [1.82, 2.24) is 10.6 Å². The van der Waals surface area contributed by atoms with Gasteiger partial charge in [-0.2, -0.15) is 0 Å². The predicted molar refractivity (Wildman–Crippen MR) is 121 cm³/mol. The molecular weight excluding hydrogens is 410 g/mol. The Bertz CT molecular complexity index is 900. The quantitative estimate of drug-likeness (QED) is 0.408. The van der Waals surface area contributed by atoms with Crippen molar-refractivity contribution in [1.29, 1.82) is 0 Å². The third kappa shape index (κ3) is 9.42. The summed E-state index contributed by atoms with van der Waals surface area (Å²) >= 11 is 0. The molecule has 170 valence electrons. The van der Waals surface area contributed by atoms with Crippen LogP contribution < -0.4 is 10.6 Å². The van der Waals surface area contributed by atoms with Crippen LogP contribution in [0.3, 0.4) is 0 Å². The summed E-state index contributed by atoms with van der Waals surface area (Å²) < 4.78 is 5.24. The molecule has 8 nitrogen and oxygen atoms in total. The molecule has 0 bridgehead atoms. The molecule has 8 heteroatoms. The number of ether oxygens (including phenoxy) is 1. The Kier molecular flexibility index (Phi) is 9.90. The van der Waals surface area contributed by atoms with E-state index in [1.165, 1.54) is 6.08 Å². The van der Waals surface area contributed by atoms with Crippen molar-refractivity contribution < 1.29 is 19.2 Å². The lowest BCUT2D eigenvalue weighted by Gasteiger charge is -2.23. The summed E-state index contributed by atoms with van der Waals surface area (Å²) in [6.45, 7) is 3.96. The van der Waals surface area contributed by atoms with E-state index in [4.69, 9.17) is 4.74 Å². The van der Waals surface area contributed by atoms with Crippen LogP contribution in [-0.2, 0) is 22.6 Å². The van der Waals surface area contributed by atoms with E-state index in [0.29, 0.717) is 12.8 Å². The zero-order valence-electron chi connectivity index (χ0n) is 18.3. The fourth-order valence-electron chi connectivity index (χ4n) is 3.10. The number of carbonyl (C=O) groups excluding carboxylic acids is 2. The van der Waals surface area contributed by atoms with Gasteiger partial charge in [0.15, 0.2) is 0 Å². The molecule has 0 aromatic heterocycles. The molecule has 0 unspecified atom stereocenters. The molecule has 2 aromatic rings. The van der Waals surface area contributed by atoms with Gasteiger partial charge in [-0.15, -0.1) is 0 Å². The van der Waals surface area contributed by atoms with Gasteiger partial charge in [-0.3, -0.25) is 14.9 Å². The minimum Gasteiger partial charge on any atom is -0.445 e. The number of alkyl carbamates (subject to hydrolysis) is 1. The van der Waals surface area contributed by atoms with E-state index in [2.05, 4.69) is 10.6 Å². The summed E-state index contributed by atoms with van der Waals surface area (Å²) in [5.74, 6) is -0.300. The molecule has 0 aliphatic carbocycles. The maximum absolute atomic E-state index is 12.9. The molecule has 0 fully saturated rings. The molecule has 32 heavy (non-hydrogen) atoms. The fourth-order valence-corrected chi connectivity index (χ4v) is 3.10. The normalized spacial score (nSPS) is 12.8. The van der Waals surface area contributed by atoms with Crippen molar-refractivity contribution in [2.75, 3.05) is 0 Å². The Morgan fingerprint density at radius 2 is 1.59 bits per heavy atom. The molecule has 0 radical (unpaired) electrons.